The Bertz CT molecular complexity index is 1190. The number of benzene rings is 2. The van der Waals surface area contributed by atoms with E-state index in [1.807, 2.05) is 31.2 Å². The Balaban J connectivity index is 1.71. The lowest BCUT2D eigenvalue weighted by Gasteiger charge is -2.13. The highest BCUT2D eigenvalue weighted by Crippen LogP contribution is 2.21. The molecule has 0 unspecified atom stereocenters. The minimum absolute atomic E-state index is 0.0819. The molecule has 1 aromatic heterocycles. The van der Waals surface area contributed by atoms with Crippen LogP contribution in [0.3, 0.4) is 0 Å². The van der Waals surface area contributed by atoms with Gasteiger partial charge < -0.3 is 4.74 Å². The molecule has 0 aliphatic carbocycles. The number of aryl methyl sites for hydroxylation is 3. The molecule has 3 rings (SSSR count). The first kappa shape index (κ1) is 21.7. The van der Waals surface area contributed by atoms with Gasteiger partial charge in [0.25, 0.3) is 5.56 Å². The predicted molar refractivity (Wildman–Crippen MR) is 116 cm³/mol. The van der Waals surface area contributed by atoms with E-state index in [1.165, 1.54) is 17.0 Å². The Kier molecular flexibility index (Phi) is 6.38. The molecule has 7 nitrogen and oxygen atoms in total. The highest BCUT2D eigenvalue weighted by Gasteiger charge is 2.19. The van der Waals surface area contributed by atoms with Crippen molar-refractivity contribution >= 4 is 10.0 Å². The predicted octanol–water partition coefficient (Wildman–Crippen LogP) is 2.82. The largest absolute Gasteiger partial charge is 0.497 e. The highest BCUT2D eigenvalue weighted by molar-refractivity contribution is 7.89. The van der Waals surface area contributed by atoms with Gasteiger partial charge in [-0.15, -0.1) is 0 Å². The van der Waals surface area contributed by atoms with E-state index in [0.717, 1.165) is 16.9 Å². The Morgan fingerprint density at radius 3 is 2.23 bits per heavy atom. The summed E-state index contributed by atoms with van der Waals surface area (Å²) in [7, 11) is -2.09. The van der Waals surface area contributed by atoms with Crippen molar-refractivity contribution in [2.75, 3.05) is 13.7 Å². The molecule has 0 aliphatic heterocycles. The van der Waals surface area contributed by atoms with Gasteiger partial charge in [-0.05, 0) is 56.2 Å². The van der Waals surface area contributed by atoms with Crippen molar-refractivity contribution in [3.63, 3.8) is 0 Å². The SMILES string of the molecule is COc1ccc(-c2cc(=O)n(CCNS(=O)(=O)c3c(C)cc(C)cc3C)cn2)cc1. The molecule has 158 valence electrons. The first-order valence-corrected chi connectivity index (χ1v) is 11.0. The minimum atomic E-state index is -3.68. The molecule has 0 aliphatic rings. The normalized spacial score (nSPS) is 11.5. The van der Waals surface area contributed by atoms with Gasteiger partial charge in [0, 0.05) is 24.7 Å². The van der Waals surface area contributed by atoms with Gasteiger partial charge >= 0.3 is 0 Å². The van der Waals surface area contributed by atoms with Crippen molar-refractivity contribution in [1.29, 1.82) is 0 Å². The lowest BCUT2D eigenvalue weighted by atomic mass is 10.1. The lowest BCUT2D eigenvalue weighted by Crippen LogP contribution is -2.31. The van der Waals surface area contributed by atoms with Crippen molar-refractivity contribution < 1.29 is 13.2 Å². The van der Waals surface area contributed by atoms with E-state index in [4.69, 9.17) is 4.74 Å². The Morgan fingerprint density at radius 1 is 1.03 bits per heavy atom. The first-order valence-electron chi connectivity index (χ1n) is 9.49. The number of hydrogen-bond donors (Lipinski definition) is 1. The van der Waals surface area contributed by atoms with Gasteiger partial charge in [0.2, 0.25) is 10.0 Å². The molecule has 3 aromatic rings. The van der Waals surface area contributed by atoms with Crippen LogP contribution in [0, 0.1) is 20.8 Å². The maximum absolute atomic E-state index is 12.7. The highest BCUT2D eigenvalue weighted by atomic mass is 32.2. The van der Waals surface area contributed by atoms with Crippen LogP contribution in [0.2, 0.25) is 0 Å². The maximum atomic E-state index is 12.7. The summed E-state index contributed by atoms with van der Waals surface area (Å²) in [6, 6.07) is 12.4. The third-order valence-electron chi connectivity index (χ3n) is 4.78. The molecule has 2 aromatic carbocycles. The summed E-state index contributed by atoms with van der Waals surface area (Å²) in [4.78, 5) is 17.0. The van der Waals surface area contributed by atoms with Crippen molar-refractivity contribution in [3.05, 3.63) is 75.8 Å². The van der Waals surface area contributed by atoms with E-state index in [2.05, 4.69) is 9.71 Å². The van der Waals surface area contributed by atoms with Crippen LogP contribution in [0.4, 0.5) is 0 Å². The lowest BCUT2D eigenvalue weighted by molar-refractivity contribution is 0.415. The first-order chi connectivity index (χ1) is 14.2. The molecular weight excluding hydrogens is 402 g/mol. The van der Waals surface area contributed by atoms with Crippen LogP contribution in [0.25, 0.3) is 11.3 Å². The number of nitrogens with one attached hydrogen (secondary N) is 1. The minimum Gasteiger partial charge on any atom is -0.497 e. The molecule has 30 heavy (non-hydrogen) atoms. The van der Waals surface area contributed by atoms with Crippen LogP contribution in [0.5, 0.6) is 5.75 Å². The van der Waals surface area contributed by atoms with Crippen LogP contribution < -0.4 is 15.0 Å². The maximum Gasteiger partial charge on any atom is 0.253 e. The fourth-order valence-electron chi connectivity index (χ4n) is 3.48. The van der Waals surface area contributed by atoms with Gasteiger partial charge in [-0.3, -0.25) is 9.36 Å². The topological polar surface area (TPSA) is 90.3 Å². The Hall–Kier alpha value is -2.97. The van der Waals surface area contributed by atoms with Crippen LogP contribution in [-0.2, 0) is 16.6 Å². The Morgan fingerprint density at radius 2 is 1.67 bits per heavy atom. The van der Waals surface area contributed by atoms with Gasteiger partial charge in [-0.25, -0.2) is 18.1 Å². The number of sulfonamides is 1. The second kappa shape index (κ2) is 8.81. The van der Waals surface area contributed by atoms with Crippen molar-refractivity contribution in [1.82, 2.24) is 14.3 Å². The standard InChI is InChI=1S/C22H25N3O4S/c1-15-11-16(2)22(17(3)12-15)30(27,28)24-9-10-25-14-23-20(13-21(25)26)18-5-7-19(29-4)8-6-18/h5-8,11-14,24H,9-10H2,1-4H3. The number of hydrogen-bond acceptors (Lipinski definition) is 5. The molecule has 1 N–H and O–H groups in total. The quantitative estimate of drug-likeness (QED) is 0.626. The van der Waals surface area contributed by atoms with E-state index < -0.39 is 10.0 Å². The van der Waals surface area contributed by atoms with E-state index in [0.29, 0.717) is 16.8 Å². The summed E-state index contributed by atoms with van der Waals surface area (Å²) in [5, 5.41) is 0. The molecular formula is C22H25N3O4S. The smallest absolute Gasteiger partial charge is 0.253 e. The third kappa shape index (κ3) is 4.77. The number of nitrogens with zero attached hydrogens (tertiary/aromatic N) is 2. The molecule has 0 amide bonds. The zero-order chi connectivity index (χ0) is 21.9. The van der Waals surface area contributed by atoms with E-state index in [1.54, 1.807) is 33.1 Å². The molecule has 0 spiro atoms. The van der Waals surface area contributed by atoms with Gasteiger partial charge in [0.15, 0.2) is 0 Å². The number of rotatable bonds is 7. The summed E-state index contributed by atoms with van der Waals surface area (Å²) in [6.45, 7) is 5.75. The van der Waals surface area contributed by atoms with Crippen LogP contribution in [0.1, 0.15) is 16.7 Å². The average Bonchev–Trinajstić information content (AvgIpc) is 2.68. The molecule has 8 heteroatoms. The van der Waals surface area contributed by atoms with Crippen molar-refractivity contribution in [2.24, 2.45) is 0 Å². The van der Waals surface area contributed by atoms with Crippen molar-refractivity contribution in [3.8, 4) is 17.0 Å². The van der Waals surface area contributed by atoms with Gasteiger partial charge in [-0.1, -0.05) is 17.7 Å². The average molecular weight is 428 g/mol. The molecule has 0 saturated heterocycles. The molecule has 0 saturated carbocycles. The fourth-order valence-corrected chi connectivity index (χ4v) is 4.95. The second-order valence-corrected chi connectivity index (χ2v) is 8.86. The summed E-state index contributed by atoms with van der Waals surface area (Å²) in [5.74, 6) is 0.721. The second-order valence-electron chi connectivity index (χ2n) is 7.16. The Labute approximate surface area is 176 Å². The zero-order valence-corrected chi connectivity index (χ0v) is 18.3. The number of methoxy groups -OCH3 is 1. The zero-order valence-electron chi connectivity index (χ0n) is 17.5. The molecule has 1 heterocycles. The summed E-state index contributed by atoms with van der Waals surface area (Å²) in [6.07, 6.45) is 1.43. The number of ether oxygens (including phenoxy) is 1. The molecule has 0 atom stereocenters. The number of aromatic nitrogens is 2. The summed E-state index contributed by atoms with van der Waals surface area (Å²) >= 11 is 0. The van der Waals surface area contributed by atoms with Gasteiger partial charge in [-0.2, -0.15) is 0 Å². The van der Waals surface area contributed by atoms with E-state index in [9.17, 15) is 13.2 Å². The van der Waals surface area contributed by atoms with Gasteiger partial charge in [0.05, 0.1) is 24.0 Å². The van der Waals surface area contributed by atoms with Crippen LogP contribution in [-0.4, -0.2) is 31.6 Å². The van der Waals surface area contributed by atoms with Crippen molar-refractivity contribution in [2.45, 2.75) is 32.2 Å². The molecule has 0 fully saturated rings. The molecule has 0 bridgehead atoms. The van der Waals surface area contributed by atoms with E-state index >= 15 is 0 Å². The van der Waals surface area contributed by atoms with Crippen LogP contribution >= 0.6 is 0 Å². The summed E-state index contributed by atoms with van der Waals surface area (Å²) in [5.41, 5.74) is 3.50. The monoisotopic (exact) mass is 427 g/mol. The van der Waals surface area contributed by atoms with Crippen LogP contribution in [0.15, 0.2) is 58.5 Å². The fraction of sp³-hybridized carbons (Fsp3) is 0.273. The third-order valence-corrected chi connectivity index (χ3v) is 6.55. The van der Waals surface area contributed by atoms with Gasteiger partial charge in [0.1, 0.15) is 5.75 Å². The molecule has 0 radical (unpaired) electrons. The van der Waals surface area contributed by atoms with E-state index in [-0.39, 0.29) is 23.5 Å². The summed E-state index contributed by atoms with van der Waals surface area (Å²) < 4.78 is 34.5.